The predicted octanol–water partition coefficient (Wildman–Crippen LogP) is 4.73. The molecule has 24 heavy (non-hydrogen) atoms. The third kappa shape index (κ3) is 3.72. The number of benzene rings is 2. The molecule has 0 saturated carbocycles. The summed E-state index contributed by atoms with van der Waals surface area (Å²) in [6, 6.07) is 8.60. The molecule has 0 spiro atoms. The minimum Gasteiger partial charge on any atom is -0.331 e. The van der Waals surface area contributed by atoms with Crippen LogP contribution in [0.5, 0.6) is 0 Å². The van der Waals surface area contributed by atoms with E-state index in [4.69, 9.17) is 0 Å². The predicted molar refractivity (Wildman–Crippen MR) is 90.0 cm³/mol. The Balaban J connectivity index is 1.65. The van der Waals surface area contributed by atoms with E-state index in [0.29, 0.717) is 0 Å². The van der Waals surface area contributed by atoms with Crippen molar-refractivity contribution in [1.29, 1.82) is 0 Å². The highest BCUT2D eigenvalue weighted by molar-refractivity contribution is 5.89. The second-order valence-electron chi connectivity index (χ2n) is 6.18. The Kier molecular flexibility index (Phi) is 4.79. The summed E-state index contributed by atoms with van der Waals surface area (Å²) in [7, 11) is 0. The second kappa shape index (κ2) is 6.99. The van der Waals surface area contributed by atoms with Crippen molar-refractivity contribution in [1.82, 2.24) is 5.32 Å². The van der Waals surface area contributed by atoms with Crippen LogP contribution in [0.15, 0.2) is 36.4 Å². The molecule has 3 rings (SSSR count). The molecule has 0 bridgehead atoms. The van der Waals surface area contributed by atoms with Gasteiger partial charge in [0.2, 0.25) is 0 Å². The van der Waals surface area contributed by atoms with E-state index in [2.05, 4.69) is 22.8 Å². The van der Waals surface area contributed by atoms with Gasteiger partial charge in [-0.05, 0) is 61.4 Å². The fourth-order valence-corrected chi connectivity index (χ4v) is 3.05. The maximum absolute atomic E-state index is 13.6. The van der Waals surface area contributed by atoms with Gasteiger partial charge in [-0.2, -0.15) is 0 Å². The molecule has 3 nitrogen and oxygen atoms in total. The van der Waals surface area contributed by atoms with Crippen LogP contribution in [0.25, 0.3) is 0 Å². The van der Waals surface area contributed by atoms with Gasteiger partial charge in [0, 0.05) is 6.07 Å². The Labute approximate surface area is 140 Å². The second-order valence-corrected chi connectivity index (χ2v) is 6.18. The van der Waals surface area contributed by atoms with Crippen LogP contribution in [0.2, 0.25) is 0 Å². The first-order valence-electron chi connectivity index (χ1n) is 8.17. The molecule has 2 aromatic rings. The molecule has 1 atom stereocenters. The summed E-state index contributed by atoms with van der Waals surface area (Å²) in [5.41, 5.74) is 3.70. The van der Waals surface area contributed by atoms with Crippen molar-refractivity contribution in [2.24, 2.45) is 0 Å². The van der Waals surface area contributed by atoms with Gasteiger partial charge in [0.25, 0.3) is 0 Å². The lowest BCUT2D eigenvalue weighted by molar-refractivity contribution is 0.249. The number of aryl methyl sites for hydroxylation is 2. The zero-order chi connectivity index (χ0) is 17.1. The Morgan fingerprint density at radius 2 is 1.79 bits per heavy atom. The fourth-order valence-electron chi connectivity index (χ4n) is 3.05. The highest BCUT2D eigenvalue weighted by Gasteiger charge is 2.15. The van der Waals surface area contributed by atoms with Crippen LogP contribution in [-0.2, 0) is 12.8 Å². The van der Waals surface area contributed by atoms with E-state index in [-0.39, 0.29) is 11.7 Å². The average molecular weight is 330 g/mol. The molecule has 1 aliphatic rings. The lowest BCUT2D eigenvalue weighted by Gasteiger charge is -2.20. The molecule has 0 aliphatic heterocycles. The van der Waals surface area contributed by atoms with Crippen LogP contribution in [0, 0.1) is 11.6 Å². The van der Waals surface area contributed by atoms with Crippen LogP contribution in [0.4, 0.5) is 19.3 Å². The van der Waals surface area contributed by atoms with E-state index in [9.17, 15) is 13.6 Å². The van der Waals surface area contributed by atoms with Crippen LogP contribution in [-0.4, -0.2) is 6.03 Å². The monoisotopic (exact) mass is 330 g/mol. The van der Waals surface area contributed by atoms with E-state index in [1.54, 1.807) is 0 Å². The molecule has 0 fully saturated rings. The van der Waals surface area contributed by atoms with Crippen molar-refractivity contribution in [3.8, 4) is 0 Å². The van der Waals surface area contributed by atoms with Gasteiger partial charge in [0.05, 0.1) is 11.7 Å². The number of anilines is 1. The fraction of sp³-hybridized carbons (Fsp3) is 0.316. The average Bonchev–Trinajstić information content (AvgIpc) is 2.57. The molecule has 5 heteroatoms. The van der Waals surface area contributed by atoms with Crippen LogP contribution >= 0.6 is 0 Å². The van der Waals surface area contributed by atoms with Gasteiger partial charge < -0.3 is 10.6 Å². The maximum Gasteiger partial charge on any atom is 0.319 e. The number of hydrogen-bond donors (Lipinski definition) is 2. The Bertz CT molecular complexity index is 761. The third-order valence-electron chi connectivity index (χ3n) is 4.40. The van der Waals surface area contributed by atoms with Crippen molar-refractivity contribution >= 4 is 11.7 Å². The molecule has 0 saturated heterocycles. The number of halogens is 2. The number of fused-ring (bicyclic) bond motifs is 1. The van der Waals surface area contributed by atoms with Crippen LogP contribution in [0.3, 0.4) is 0 Å². The molecule has 0 heterocycles. The molecular formula is C19H20F2N2O. The van der Waals surface area contributed by atoms with E-state index < -0.39 is 17.7 Å². The normalized spacial score (nSPS) is 14.6. The topological polar surface area (TPSA) is 41.1 Å². The number of carbonyl (C=O) groups excluding carboxylic acids is 1. The largest absolute Gasteiger partial charge is 0.331 e. The first kappa shape index (κ1) is 16.4. The van der Waals surface area contributed by atoms with Gasteiger partial charge >= 0.3 is 6.03 Å². The van der Waals surface area contributed by atoms with Gasteiger partial charge in [0.15, 0.2) is 0 Å². The third-order valence-corrected chi connectivity index (χ3v) is 4.40. The number of nitrogens with one attached hydrogen (secondary N) is 2. The van der Waals surface area contributed by atoms with Gasteiger partial charge in [-0.15, -0.1) is 0 Å². The summed E-state index contributed by atoms with van der Waals surface area (Å²) >= 11 is 0. The van der Waals surface area contributed by atoms with Gasteiger partial charge in [0.1, 0.15) is 11.6 Å². The lowest BCUT2D eigenvalue weighted by Crippen LogP contribution is -2.31. The lowest BCUT2D eigenvalue weighted by atomic mass is 9.89. The molecule has 0 radical (unpaired) electrons. The van der Waals surface area contributed by atoms with Crippen LogP contribution < -0.4 is 10.6 Å². The first-order chi connectivity index (χ1) is 11.5. The summed E-state index contributed by atoms with van der Waals surface area (Å²) in [5, 5.41) is 5.19. The molecule has 2 N–H and O–H groups in total. The molecule has 2 aromatic carbocycles. The minimum atomic E-state index is -0.799. The number of amides is 2. The van der Waals surface area contributed by atoms with Gasteiger partial charge in [-0.25, -0.2) is 13.6 Å². The number of rotatable bonds is 3. The zero-order valence-corrected chi connectivity index (χ0v) is 13.5. The maximum atomic E-state index is 13.6. The molecule has 1 unspecified atom stereocenters. The van der Waals surface area contributed by atoms with Crippen molar-refractivity contribution < 1.29 is 13.6 Å². The summed E-state index contributed by atoms with van der Waals surface area (Å²) < 4.78 is 26.5. The number of carbonyl (C=O) groups is 1. The smallest absolute Gasteiger partial charge is 0.319 e. The van der Waals surface area contributed by atoms with Crippen LogP contribution in [0.1, 0.15) is 42.5 Å². The van der Waals surface area contributed by atoms with E-state index in [1.165, 1.54) is 30.0 Å². The molecule has 126 valence electrons. The first-order valence-corrected chi connectivity index (χ1v) is 8.17. The summed E-state index contributed by atoms with van der Waals surface area (Å²) in [5.74, 6) is -1.48. The van der Waals surface area contributed by atoms with Gasteiger partial charge in [-0.3, -0.25) is 0 Å². The standard InChI is InChI=1S/C19H20F2N2O/c1-12(14-7-6-13-4-2-3-5-15(13)10-14)22-19(24)23-18-9-8-16(20)11-17(18)21/h6-12H,2-5H2,1H3,(H2,22,23,24). The van der Waals surface area contributed by atoms with Crippen molar-refractivity contribution in [2.45, 2.75) is 38.6 Å². The van der Waals surface area contributed by atoms with Gasteiger partial charge in [-0.1, -0.05) is 18.2 Å². The van der Waals surface area contributed by atoms with Crippen molar-refractivity contribution in [3.05, 3.63) is 64.7 Å². The highest BCUT2D eigenvalue weighted by Crippen LogP contribution is 2.25. The quantitative estimate of drug-likeness (QED) is 0.839. The van der Waals surface area contributed by atoms with E-state index in [0.717, 1.165) is 30.5 Å². The Morgan fingerprint density at radius 3 is 2.54 bits per heavy atom. The Morgan fingerprint density at radius 1 is 1.04 bits per heavy atom. The highest BCUT2D eigenvalue weighted by atomic mass is 19.1. The number of hydrogen-bond acceptors (Lipinski definition) is 1. The molecular weight excluding hydrogens is 310 g/mol. The summed E-state index contributed by atoms with van der Waals surface area (Å²) in [6.45, 7) is 1.88. The minimum absolute atomic E-state index is 0.0495. The molecule has 1 aliphatic carbocycles. The summed E-state index contributed by atoms with van der Waals surface area (Å²) in [4.78, 5) is 12.0. The molecule has 0 aromatic heterocycles. The zero-order valence-electron chi connectivity index (χ0n) is 13.5. The van der Waals surface area contributed by atoms with Crippen molar-refractivity contribution in [3.63, 3.8) is 0 Å². The van der Waals surface area contributed by atoms with Crippen molar-refractivity contribution in [2.75, 3.05) is 5.32 Å². The Hall–Kier alpha value is -2.43. The SMILES string of the molecule is CC(NC(=O)Nc1ccc(F)cc1F)c1ccc2c(c1)CCCC2. The van der Waals surface area contributed by atoms with E-state index >= 15 is 0 Å². The summed E-state index contributed by atoms with van der Waals surface area (Å²) in [6.07, 6.45) is 4.61. The van der Waals surface area contributed by atoms with E-state index in [1.807, 2.05) is 13.0 Å². The number of urea groups is 1. The molecule has 2 amide bonds.